The van der Waals surface area contributed by atoms with E-state index < -0.39 is 11.5 Å². The predicted molar refractivity (Wildman–Crippen MR) is 182 cm³/mol. The molecule has 1 aromatic carbocycles. The fourth-order valence-corrected chi connectivity index (χ4v) is 6.56. The van der Waals surface area contributed by atoms with Crippen molar-refractivity contribution >= 4 is 46.6 Å². The molecule has 5 N–H and O–H groups in total. The molecular formula is C35H39N9O4. The van der Waals surface area contributed by atoms with Crippen molar-refractivity contribution in [2.24, 2.45) is 5.41 Å². The summed E-state index contributed by atoms with van der Waals surface area (Å²) in [5, 5.41) is 18.9. The van der Waals surface area contributed by atoms with Gasteiger partial charge in [-0.3, -0.25) is 35.2 Å². The summed E-state index contributed by atoms with van der Waals surface area (Å²) in [4.78, 5) is 53.1. The lowest BCUT2D eigenvalue weighted by atomic mass is 9.85. The van der Waals surface area contributed by atoms with Gasteiger partial charge in [-0.2, -0.15) is 0 Å². The first kappa shape index (κ1) is 32.5. The third-order valence-corrected chi connectivity index (χ3v) is 9.41. The zero-order valence-electron chi connectivity index (χ0n) is 27.1. The average molecular weight is 650 g/mol. The van der Waals surface area contributed by atoms with Gasteiger partial charge < -0.3 is 20.7 Å². The number of nitrogens with two attached hydrogens (primary N) is 1. The van der Waals surface area contributed by atoms with Crippen LogP contribution in [0.2, 0.25) is 0 Å². The Morgan fingerprint density at radius 1 is 1.02 bits per heavy atom. The summed E-state index contributed by atoms with van der Waals surface area (Å²) in [5.41, 5.74) is 10.5. The van der Waals surface area contributed by atoms with E-state index in [1.54, 1.807) is 35.4 Å². The molecule has 0 unspecified atom stereocenters. The summed E-state index contributed by atoms with van der Waals surface area (Å²) in [6.07, 6.45) is 5.02. The summed E-state index contributed by atoms with van der Waals surface area (Å²) in [7, 11) is 1.44. The van der Waals surface area contributed by atoms with E-state index >= 15 is 0 Å². The first-order chi connectivity index (χ1) is 23.1. The van der Waals surface area contributed by atoms with Gasteiger partial charge >= 0.3 is 6.09 Å². The zero-order valence-corrected chi connectivity index (χ0v) is 27.1. The molecule has 13 nitrogen and oxygen atoms in total. The van der Waals surface area contributed by atoms with Crippen molar-refractivity contribution in [3.05, 3.63) is 88.9 Å². The van der Waals surface area contributed by atoms with Gasteiger partial charge in [0, 0.05) is 56.2 Å². The molecule has 1 atom stereocenters. The summed E-state index contributed by atoms with van der Waals surface area (Å²) >= 11 is 0. The number of carbonyl (C=O) groups excluding carboxylic acids is 3. The van der Waals surface area contributed by atoms with E-state index in [1.165, 1.54) is 7.05 Å². The second-order valence-corrected chi connectivity index (χ2v) is 12.5. The lowest BCUT2D eigenvalue weighted by molar-refractivity contribution is -0.132. The maximum absolute atomic E-state index is 13.9. The van der Waals surface area contributed by atoms with Crippen LogP contribution in [-0.4, -0.2) is 95.6 Å². The number of amides is 3. The molecule has 6 rings (SSSR count). The minimum atomic E-state index is -0.690. The van der Waals surface area contributed by atoms with Crippen molar-refractivity contribution in [1.82, 2.24) is 25.1 Å². The quantitative estimate of drug-likeness (QED) is 0.222. The van der Waals surface area contributed by atoms with E-state index in [-0.39, 0.29) is 30.0 Å². The molecule has 0 aliphatic carbocycles. The average Bonchev–Trinajstić information content (AvgIpc) is 3.66. The number of alkyl carbamates (subject to hydrolysis) is 1. The van der Waals surface area contributed by atoms with Gasteiger partial charge in [0.2, 0.25) is 17.7 Å². The number of likely N-dealkylation sites (tertiary alicyclic amines) is 1. The van der Waals surface area contributed by atoms with E-state index in [9.17, 15) is 14.4 Å². The monoisotopic (exact) mass is 649 g/mol. The number of nitrogens with zero attached hydrogens (tertiary/aromatic N) is 5. The number of carbonyl (C=O) groups is 3. The highest BCUT2D eigenvalue weighted by atomic mass is 16.6. The van der Waals surface area contributed by atoms with E-state index in [4.69, 9.17) is 21.3 Å². The van der Waals surface area contributed by atoms with Crippen LogP contribution in [0.1, 0.15) is 47.3 Å². The van der Waals surface area contributed by atoms with Gasteiger partial charge in [-0.05, 0) is 80.3 Å². The van der Waals surface area contributed by atoms with Crippen LogP contribution in [-0.2, 0) is 14.3 Å². The summed E-state index contributed by atoms with van der Waals surface area (Å²) < 4.78 is 4.89. The van der Waals surface area contributed by atoms with Crippen LogP contribution >= 0.6 is 0 Å². The number of nitrogen functional groups attached to an aromatic ring is 1. The molecule has 3 aliphatic heterocycles. The molecule has 0 saturated carbocycles. The van der Waals surface area contributed by atoms with Crippen molar-refractivity contribution in [2.75, 3.05) is 56.9 Å². The molecule has 0 bridgehead atoms. The Morgan fingerprint density at radius 3 is 2.46 bits per heavy atom. The van der Waals surface area contributed by atoms with Crippen LogP contribution in [0.4, 0.5) is 16.3 Å². The van der Waals surface area contributed by atoms with Crippen LogP contribution in [0.15, 0.2) is 60.8 Å². The highest BCUT2D eigenvalue weighted by molar-refractivity contribution is 6.12. The maximum Gasteiger partial charge on any atom is 0.413 e. The van der Waals surface area contributed by atoms with E-state index in [0.717, 1.165) is 16.8 Å². The number of anilines is 2. The van der Waals surface area contributed by atoms with E-state index in [0.29, 0.717) is 80.3 Å². The summed E-state index contributed by atoms with van der Waals surface area (Å²) in [6.45, 7) is 4.91. The molecule has 3 aliphatic rings. The van der Waals surface area contributed by atoms with Crippen molar-refractivity contribution in [2.45, 2.75) is 26.2 Å². The van der Waals surface area contributed by atoms with Crippen LogP contribution in [0.5, 0.6) is 0 Å². The number of rotatable bonds is 7. The van der Waals surface area contributed by atoms with Crippen LogP contribution in [0, 0.1) is 23.2 Å². The van der Waals surface area contributed by atoms with Gasteiger partial charge in [-0.15, -0.1) is 0 Å². The van der Waals surface area contributed by atoms with Crippen LogP contribution in [0.25, 0.3) is 5.57 Å². The Morgan fingerprint density at radius 2 is 1.77 bits per heavy atom. The number of aryl methyl sites for hydroxylation is 1. The van der Waals surface area contributed by atoms with Crippen molar-refractivity contribution in [3.63, 3.8) is 0 Å². The molecule has 2 aromatic heterocycles. The largest absolute Gasteiger partial charge is 0.413 e. The lowest BCUT2D eigenvalue weighted by Gasteiger charge is -2.29. The normalized spacial score (nSPS) is 19.4. The van der Waals surface area contributed by atoms with Gasteiger partial charge in [0.15, 0.2) is 0 Å². The standard InChI is InChI=1S/C35H39N9O4/c1-22-3-4-26(19-40-22)30(37)31-27(36)9-10-28(41-31)44-18-14-35(33(44)46)13-17-42(21-35)20-29(45)43-15-11-24(12-16-43)23-5-7-25(8-6-23)32(38)48-34(47)39-2/h3-11,19,37-38H,12-18,20-21,36H2,1-2H3,(H,39,47)/t35-/m0/s1. The first-order valence-corrected chi connectivity index (χ1v) is 16.0. The third kappa shape index (κ3) is 6.54. The van der Waals surface area contributed by atoms with E-state index in [1.807, 2.05) is 36.1 Å². The fraction of sp³-hybridized carbons (Fsp3) is 0.343. The van der Waals surface area contributed by atoms with Crippen LogP contribution in [0.3, 0.4) is 0 Å². The van der Waals surface area contributed by atoms with Crippen molar-refractivity contribution < 1.29 is 19.1 Å². The Balaban J connectivity index is 1.04. The summed E-state index contributed by atoms with van der Waals surface area (Å²) in [6, 6.07) is 14.3. The number of pyridine rings is 2. The Hall–Kier alpha value is -5.43. The molecule has 13 heteroatoms. The highest BCUT2D eigenvalue weighted by Gasteiger charge is 2.51. The van der Waals surface area contributed by atoms with Gasteiger partial charge in [0.1, 0.15) is 11.5 Å². The first-order valence-electron chi connectivity index (χ1n) is 16.0. The zero-order chi connectivity index (χ0) is 34.0. The number of hydrogen-bond acceptors (Lipinski definition) is 10. The fourth-order valence-electron chi connectivity index (χ4n) is 6.56. The maximum atomic E-state index is 13.9. The molecule has 0 radical (unpaired) electrons. The predicted octanol–water partition coefficient (Wildman–Crippen LogP) is 3.21. The van der Waals surface area contributed by atoms with Gasteiger partial charge in [-0.1, -0.05) is 18.2 Å². The molecule has 2 fully saturated rings. The smallest absolute Gasteiger partial charge is 0.397 e. The number of nitrogens with one attached hydrogen (secondary N) is 3. The number of benzene rings is 1. The molecular weight excluding hydrogens is 610 g/mol. The molecule has 3 amide bonds. The molecule has 5 heterocycles. The van der Waals surface area contributed by atoms with E-state index in [2.05, 4.69) is 26.3 Å². The SMILES string of the molecule is CNC(=O)OC(=N)c1ccc(C2=CCN(C(=O)CN3CC[C@]4(CCN(c5ccc(N)c(C(=N)c6ccc(C)nc6)n5)C4=O)C3)CC2)cc1. The topological polar surface area (TPSA) is 182 Å². The highest BCUT2D eigenvalue weighted by Crippen LogP contribution is 2.42. The number of ether oxygens (including phenoxy) is 1. The van der Waals surface area contributed by atoms with Crippen LogP contribution < -0.4 is 16.0 Å². The third-order valence-electron chi connectivity index (χ3n) is 9.41. The second kappa shape index (κ2) is 13.4. The minimum Gasteiger partial charge on any atom is -0.397 e. The lowest BCUT2D eigenvalue weighted by Crippen LogP contribution is -2.43. The Bertz CT molecular complexity index is 1810. The van der Waals surface area contributed by atoms with Crippen molar-refractivity contribution in [1.29, 1.82) is 10.8 Å². The minimum absolute atomic E-state index is 0.00361. The molecule has 2 saturated heterocycles. The summed E-state index contributed by atoms with van der Waals surface area (Å²) in [5.74, 6) is 0.279. The molecule has 3 aromatic rings. The molecule has 248 valence electrons. The number of hydrogen-bond donors (Lipinski definition) is 4. The van der Waals surface area contributed by atoms with Gasteiger partial charge in [0.25, 0.3) is 0 Å². The molecule has 1 spiro atoms. The van der Waals surface area contributed by atoms with Gasteiger partial charge in [0.05, 0.1) is 23.4 Å². The Labute approximate surface area is 278 Å². The van der Waals surface area contributed by atoms with Crippen molar-refractivity contribution in [3.8, 4) is 0 Å². The number of aromatic nitrogens is 2. The Kier molecular flexibility index (Phi) is 9.05. The van der Waals surface area contributed by atoms with Gasteiger partial charge in [-0.25, -0.2) is 9.78 Å². The second-order valence-electron chi connectivity index (χ2n) is 12.5. The molecule has 48 heavy (non-hydrogen) atoms.